The van der Waals surface area contributed by atoms with Crippen LogP contribution in [-0.4, -0.2) is 34.3 Å². The minimum absolute atomic E-state index is 0.266. The van der Waals surface area contributed by atoms with Gasteiger partial charge in [-0.1, -0.05) is 12.1 Å². The van der Waals surface area contributed by atoms with Gasteiger partial charge in [0.2, 0.25) is 0 Å². The molecular weight excluding hydrogens is 225 g/mol. The number of rotatable bonds is 1. The highest BCUT2D eigenvalue weighted by Gasteiger charge is 2.35. The normalized spacial score (nSPS) is 19.1. The molecule has 0 unspecified atom stereocenters. The lowest BCUT2D eigenvalue weighted by Crippen LogP contribution is -2.44. The minimum Gasteiger partial charge on any atom is -0.465 e. The average Bonchev–Trinajstić information content (AvgIpc) is 2.29. The molecule has 4 nitrogen and oxygen atoms in total. The Hall–Kier alpha value is -1.62. The molecule has 0 aliphatic carbocycles. The van der Waals surface area contributed by atoms with E-state index in [1.54, 1.807) is 12.1 Å². The summed E-state index contributed by atoms with van der Waals surface area (Å²) in [7, 11) is 0. The van der Waals surface area contributed by atoms with Crippen molar-refractivity contribution in [2.75, 3.05) is 13.1 Å². The van der Waals surface area contributed by atoms with E-state index >= 15 is 0 Å². The van der Waals surface area contributed by atoms with Crippen molar-refractivity contribution in [3.05, 3.63) is 35.6 Å². The van der Waals surface area contributed by atoms with Crippen LogP contribution in [0.3, 0.4) is 0 Å². The number of piperidine rings is 1. The molecule has 0 saturated carbocycles. The van der Waals surface area contributed by atoms with Crippen LogP contribution in [0.5, 0.6) is 0 Å². The maximum atomic E-state index is 13.1. The van der Waals surface area contributed by atoms with Crippen LogP contribution in [0.15, 0.2) is 24.3 Å². The largest absolute Gasteiger partial charge is 0.465 e. The Labute approximate surface area is 98.3 Å². The van der Waals surface area contributed by atoms with E-state index in [1.165, 1.54) is 17.0 Å². The second-order valence-electron chi connectivity index (χ2n) is 4.31. The molecule has 0 aromatic heterocycles. The first kappa shape index (κ1) is 11.9. The Balaban J connectivity index is 2.14. The Kier molecular flexibility index (Phi) is 3.02. The molecule has 0 bridgehead atoms. The van der Waals surface area contributed by atoms with Crippen molar-refractivity contribution in [2.45, 2.75) is 18.4 Å². The highest BCUT2D eigenvalue weighted by molar-refractivity contribution is 5.65. The minimum atomic E-state index is -1.12. The van der Waals surface area contributed by atoms with Crippen LogP contribution in [0.2, 0.25) is 0 Å². The molecule has 1 aromatic carbocycles. The summed E-state index contributed by atoms with van der Waals surface area (Å²) < 4.78 is 13.1. The number of likely N-dealkylation sites (tertiary alicyclic amines) is 1. The molecule has 5 heteroatoms. The molecule has 1 heterocycles. The summed E-state index contributed by atoms with van der Waals surface area (Å²) in [6, 6.07) is 5.83. The van der Waals surface area contributed by atoms with Crippen molar-refractivity contribution in [1.82, 2.24) is 4.90 Å². The van der Waals surface area contributed by atoms with Crippen LogP contribution < -0.4 is 0 Å². The Morgan fingerprint density at radius 3 is 2.53 bits per heavy atom. The first-order chi connectivity index (χ1) is 8.01. The molecular formula is C12H14FNO3. The lowest BCUT2D eigenvalue weighted by atomic mass is 9.84. The van der Waals surface area contributed by atoms with Gasteiger partial charge in [-0.05, 0) is 30.5 Å². The van der Waals surface area contributed by atoms with Crippen molar-refractivity contribution < 1.29 is 19.4 Å². The van der Waals surface area contributed by atoms with E-state index in [0.29, 0.717) is 18.4 Å². The molecule has 1 saturated heterocycles. The molecule has 1 aromatic rings. The summed E-state index contributed by atoms with van der Waals surface area (Å²) in [4.78, 5) is 12.0. The fourth-order valence-corrected chi connectivity index (χ4v) is 2.13. The summed E-state index contributed by atoms with van der Waals surface area (Å²) in [5, 5.41) is 19.2. The fourth-order valence-electron chi connectivity index (χ4n) is 2.13. The maximum Gasteiger partial charge on any atom is 0.407 e. The number of carboxylic acid groups (broad SMARTS) is 1. The third kappa shape index (κ3) is 2.39. The van der Waals surface area contributed by atoms with Crippen molar-refractivity contribution in [3.8, 4) is 0 Å². The van der Waals surface area contributed by atoms with E-state index < -0.39 is 17.5 Å². The molecule has 1 aliphatic rings. The predicted octanol–water partition coefficient (Wildman–Crippen LogP) is 1.79. The van der Waals surface area contributed by atoms with Crippen LogP contribution in [0, 0.1) is 5.82 Å². The quantitative estimate of drug-likeness (QED) is 0.785. The fraction of sp³-hybridized carbons (Fsp3) is 0.417. The molecule has 2 N–H and O–H groups in total. The third-order valence-corrected chi connectivity index (χ3v) is 3.22. The van der Waals surface area contributed by atoms with Gasteiger partial charge in [-0.25, -0.2) is 9.18 Å². The molecule has 92 valence electrons. The molecule has 0 spiro atoms. The van der Waals surface area contributed by atoms with Gasteiger partial charge in [0.25, 0.3) is 0 Å². The summed E-state index contributed by atoms with van der Waals surface area (Å²) >= 11 is 0. The topological polar surface area (TPSA) is 60.8 Å². The smallest absolute Gasteiger partial charge is 0.407 e. The molecule has 17 heavy (non-hydrogen) atoms. The average molecular weight is 239 g/mol. The number of nitrogens with zero attached hydrogens (tertiary/aromatic N) is 1. The van der Waals surface area contributed by atoms with E-state index in [4.69, 9.17) is 5.11 Å². The molecule has 1 amide bonds. The predicted molar refractivity (Wildman–Crippen MR) is 59.1 cm³/mol. The van der Waals surface area contributed by atoms with Gasteiger partial charge < -0.3 is 15.1 Å². The van der Waals surface area contributed by atoms with Gasteiger partial charge in [0.05, 0.1) is 5.60 Å². The lowest BCUT2D eigenvalue weighted by Gasteiger charge is -2.37. The van der Waals surface area contributed by atoms with Crippen molar-refractivity contribution in [1.29, 1.82) is 0 Å². The molecule has 0 radical (unpaired) electrons. The summed E-state index contributed by atoms with van der Waals surface area (Å²) in [6.45, 7) is 0.532. The van der Waals surface area contributed by atoms with Crippen LogP contribution in [0.4, 0.5) is 9.18 Å². The number of carbonyl (C=O) groups is 1. The van der Waals surface area contributed by atoms with E-state index in [9.17, 15) is 14.3 Å². The zero-order chi connectivity index (χ0) is 12.5. The number of halogens is 1. The number of benzene rings is 1. The summed E-state index contributed by atoms with van der Waals surface area (Å²) in [5.74, 6) is -0.392. The van der Waals surface area contributed by atoms with Gasteiger partial charge in [-0.2, -0.15) is 0 Å². The molecule has 1 fully saturated rings. The Morgan fingerprint density at radius 1 is 1.35 bits per heavy atom. The molecule has 1 aliphatic heterocycles. The molecule has 0 atom stereocenters. The lowest BCUT2D eigenvalue weighted by molar-refractivity contribution is -0.0215. The van der Waals surface area contributed by atoms with Crippen LogP contribution in [0.1, 0.15) is 18.4 Å². The molecule has 2 rings (SSSR count). The van der Waals surface area contributed by atoms with Crippen molar-refractivity contribution in [2.24, 2.45) is 0 Å². The van der Waals surface area contributed by atoms with Gasteiger partial charge >= 0.3 is 6.09 Å². The number of aliphatic hydroxyl groups is 1. The van der Waals surface area contributed by atoms with E-state index in [-0.39, 0.29) is 13.1 Å². The standard InChI is InChI=1S/C12H14FNO3/c13-10-3-1-2-9(8-10)12(17)4-6-14(7-5-12)11(15)16/h1-3,8,17H,4-7H2,(H,15,16). The summed E-state index contributed by atoms with van der Waals surface area (Å²) in [5.41, 5.74) is -0.601. The van der Waals surface area contributed by atoms with Crippen molar-refractivity contribution >= 4 is 6.09 Å². The summed E-state index contributed by atoms with van der Waals surface area (Å²) in [6.07, 6.45) is -0.391. The SMILES string of the molecule is O=C(O)N1CCC(O)(c2cccc(F)c2)CC1. The van der Waals surface area contributed by atoms with Gasteiger partial charge in [0, 0.05) is 13.1 Å². The van der Waals surface area contributed by atoms with Crippen LogP contribution in [0.25, 0.3) is 0 Å². The van der Waals surface area contributed by atoms with Gasteiger partial charge in [-0.15, -0.1) is 0 Å². The zero-order valence-electron chi connectivity index (χ0n) is 9.27. The van der Waals surface area contributed by atoms with Crippen LogP contribution in [-0.2, 0) is 5.60 Å². The Bertz CT molecular complexity index is 428. The second kappa shape index (κ2) is 4.33. The van der Waals surface area contributed by atoms with Gasteiger partial charge in [0.1, 0.15) is 5.82 Å². The first-order valence-corrected chi connectivity index (χ1v) is 5.47. The van der Waals surface area contributed by atoms with Crippen molar-refractivity contribution in [3.63, 3.8) is 0 Å². The van der Waals surface area contributed by atoms with E-state index in [1.807, 2.05) is 0 Å². The van der Waals surface area contributed by atoms with Crippen LogP contribution >= 0.6 is 0 Å². The Morgan fingerprint density at radius 2 is 2.00 bits per heavy atom. The number of hydrogen-bond acceptors (Lipinski definition) is 2. The van der Waals surface area contributed by atoms with E-state index in [0.717, 1.165) is 0 Å². The highest BCUT2D eigenvalue weighted by atomic mass is 19.1. The van der Waals surface area contributed by atoms with Gasteiger partial charge in [0.15, 0.2) is 0 Å². The third-order valence-electron chi connectivity index (χ3n) is 3.22. The number of hydrogen-bond donors (Lipinski definition) is 2. The maximum absolute atomic E-state index is 13.1. The number of amides is 1. The monoisotopic (exact) mass is 239 g/mol. The van der Waals surface area contributed by atoms with E-state index in [2.05, 4.69) is 0 Å². The second-order valence-corrected chi connectivity index (χ2v) is 4.31. The zero-order valence-corrected chi connectivity index (χ0v) is 9.27. The van der Waals surface area contributed by atoms with Gasteiger partial charge in [-0.3, -0.25) is 0 Å². The highest BCUT2D eigenvalue weighted by Crippen LogP contribution is 2.32. The first-order valence-electron chi connectivity index (χ1n) is 5.47.